The molecular formula is C19H26F4N6O2S2. The van der Waals surface area contributed by atoms with Crippen molar-refractivity contribution in [2.75, 3.05) is 37.8 Å². The van der Waals surface area contributed by atoms with Crippen molar-refractivity contribution in [3.8, 4) is 10.6 Å². The highest BCUT2D eigenvalue weighted by atomic mass is 32.2. The molecule has 1 saturated heterocycles. The third-order valence-corrected chi connectivity index (χ3v) is 7.76. The lowest BCUT2D eigenvalue weighted by molar-refractivity contribution is -0.140. The maximum Gasteiger partial charge on any atom is 0.434 e. The zero-order valence-corrected chi connectivity index (χ0v) is 20.1. The molecule has 184 valence electrons. The van der Waals surface area contributed by atoms with Crippen molar-refractivity contribution in [2.24, 2.45) is 0 Å². The SMILES string of the molecule is CCN(CC)Cc1nc(C(F)(F)F)c(-c2nc(NC3CCN(S(C)(=O)=O)CC3)ncc2F)s1. The molecule has 0 unspecified atom stereocenters. The van der Waals surface area contributed by atoms with Gasteiger partial charge in [-0.2, -0.15) is 13.2 Å². The summed E-state index contributed by atoms with van der Waals surface area (Å²) in [4.78, 5) is 13.2. The van der Waals surface area contributed by atoms with Crippen LogP contribution in [0.5, 0.6) is 0 Å². The van der Waals surface area contributed by atoms with Gasteiger partial charge >= 0.3 is 6.18 Å². The van der Waals surface area contributed by atoms with Gasteiger partial charge in [0.15, 0.2) is 11.5 Å². The standard InChI is InChI=1S/C19H26F4N6O2S2/c1-4-28(5-2)11-14-26-17(19(21,22)23)16(32-14)15-13(20)10-24-18(27-15)25-12-6-8-29(9-7-12)33(3,30)31/h10,12H,4-9,11H2,1-3H3,(H,24,25,27). The first-order valence-electron chi connectivity index (χ1n) is 10.5. The van der Waals surface area contributed by atoms with Gasteiger partial charge in [-0.25, -0.2) is 32.1 Å². The van der Waals surface area contributed by atoms with Crippen molar-refractivity contribution in [3.05, 3.63) is 22.7 Å². The lowest BCUT2D eigenvalue weighted by Gasteiger charge is -2.30. The van der Waals surface area contributed by atoms with E-state index in [0.717, 1.165) is 23.8 Å². The van der Waals surface area contributed by atoms with Crippen molar-refractivity contribution < 1.29 is 26.0 Å². The first kappa shape index (κ1) is 25.7. The normalized spacial score (nSPS) is 16.5. The maximum atomic E-state index is 14.6. The molecule has 0 aliphatic carbocycles. The molecule has 0 aromatic carbocycles. The van der Waals surface area contributed by atoms with Crippen LogP contribution in [0.3, 0.4) is 0 Å². The van der Waals surface area contributed by atoms with Crippen molar-refractivity contribution >= 4 is 27.3 Å². The summed E-state index contributed by atoms with van der Waals surface area (Å²) >= 11 is 0.766. The summed E-state index contributed by atoms with van der Waals surface area (Å²) < 4.78 is 80.3. The molecule has 1 aliphatic rings. The highest BCUT2D eigenvalue weighted by Gasteiger charge is 2.39. The van der Waals surface area contributed by atoms with Crippen molar-refractivity contribution in [3.63, 3.8) is 0 Å². The molecule has 2 aromatic heterocycles. The fraction of sp³-hybridized carbons (Fsp3) is 0.632. The van der Waals surface area contributed by atoms with Crippen molar-refractivity contribution in [2.45, 2.75) is 45.5 Å². The van der Waals surface area contributed by atoms with Crippen LogP contribution in [-0.2, 0) is 22.7 Å². The molecule has 0 saturated carbocycles. The number of nitrogens with zero attached hydrogens (tertiary/aromatic N) is 5. The smallest absolute Gasteiger partial charge is 0.351 e. The summed E-state index contributed by atoms with van der Waals surface area (Å²) in [6.07, 6.45) is -1.87. The quantitative estimate of drug-likeness (QED) is 0.544. The Labute approximate surface area is 194 Å². The summed E-state index contributed by atoms with van der Waals surface area (Å²) in [6.45, 7) is 5.88. The zero-order chi connectivity index (χ0) is 24.4. The third-order valence-electron chi connectivity index (χ3n) is 5.41. The number of hydrogen-bond acceptors (Lipinski definition) is 8. The van der Waals surface area contributed by atoms with Crippen LogP contribution >= 0.6 is 11.3 Å². The number of sulfonamides is 1. The second-order valence-corrected chi connectivity index (χ2v) is 10.8. The van der Waals surface area contributed by atoms with Gasteiger partial charge in [-0.05, 0) is 25.9 Å². The highest BCUT2D eigenvalue weighted by molar-refractivity contribution is 7.88. The summed E-state index contributed by atoms with van der Waals surface area (Å²) in [5.41, 5.74) is -1.63. The van der Waals surface area contributed by atoms with E-state index in [2.05, 4.69) is 20.3 Å². The summed E-state index contributed by atoms with van der Waals surface area (Å²) in [5, 5.41) is 3.21. The van der Waals surface area contributed by atoms with E-state index in [4.69, 9.17) is 0 Å². The van der Waals surface area contributed by atoms with Crippen molar-refractivity contribution in [1.29, 1.82) is 0 Å². The lowest BCUT2D eigenvalue weighted by atomic mass is 10.1. The molecule has 33 heavy (non-hydrogen) atoms. The van der Waals surface area contributed by atoms with Crippen LogP contribution in [0, 0.1) is 5.82 Å². The maximum absolute atomic E-state index is 14.6. The van der Waals surface area contributed by atoms with Gasteiger partial charge in [-0.15, -0.1) is 11.3 Å². The van der Waals surface area contributed by atoms with E-state index < -0.39 is 33.4 Å². The largest absolute Gasteiger partial charge is 0.434 e. The number of thiazole rings is 1. The van der Waals surface area contributed by atoms with Crippen molar-refractivity contribution in [1.82, 2.24) is 24.2 Å². The Morgan fingerprint density at radius 3 is 2.39 bits per heavy atom. The van der Waals surface area contributed by atoms with Crippen LogP contribution in [0.4, 0.5) is 23.5 Å². The van der Waals surface area contributed by atoms with Crippen LogP contribution in [-0.4, -0.2) is 71.1 Å². The van der Waals surface area contributed by atoms with Crippen LogP contribution in [0.1, 0.15) is 37.4 Å². The number of hydrogen-bond donors (Lipinski definition) is 1. The number of aromatic nitrogens is 3. The molecule has 8 nitrogen and oxygen atoms in total. The molecule has 0 spiro atoms. The van der Waals surface area contributed by atoms with Gasteiger partial charge in [-0.3, -0.25) is 4.90 Å². The fourth-order valence-electron chi connectivity index (χ4n) is 3.53. The van der Waals surface area contributed by atoms with E-state index in [9.17, 15) is 26.0 Å². The minimum atomic E-state index is -4.77. The van der Waals surface area contributed by atoms with Crippen LogP contribution in [0.2, 0.25) is 0 Å². The van der Waals surface area contributed by atoms with Gasteiger partial charge in [0, 0.05) is 19.1 Å². The summed E-state index contributed by atoms with van der Waals surface area (Å²) in [6, 6.07) is -0.192. The molecule has 1 fully saturated rings. The molecule has 0 bridgehead atoms. The molecule has 0 radical (unpaired) electrons. The number of alkyl halides is 3. The minimum Gasteiger partial charge on any atom is -0.351 e. The zero-order valence-electron chi connectivity index (χ0n) is 18.5. The topological polar surface area (TPSA) is 91.3 Å². The van der Waals surface area contributed by atoms with Gasteiger partial charge in [-0.1, -0.05) is 13.8 Å². The predicted octanol–water partition coefficient (Wildman–Crippen LogP) is 3.44. The van der Waals surface area contributed by atoms with Crippen LogP contribution in [0.15, 0.2) is 6.20 Å². The van der Waals surface area contributed by atoms with Gasteiger partial charge in [0.1, 0.15) is 10.7 Å². The molecule has 1 aliphatic heterocycles. The molecule has 0 amide bonds. The van der Waals surface area contributed by atoms with Gasteiger partial charge in [0.2, 0.25) is 16.0 Å². The van der Waals surface area contributed by atoms with E-state index in [1.807, 2.05) is 18.7 Å². The van der Waals surface area contributed by atoms with Crippen LogP contribution < -0.4 is 5.32 Å². The molecule has 3 rings (SSSR count). The van der Waals surface area contributed by atoms with Crippen LogP contribution in [0.25, 0.3) is 10.6 Å². The minimum absolute atomic E-state index is 0.0176. The molecular weight excluding hydrogens is 484 g/mol. The molecule has 0 atom stereocenters. The average molecular weight is 511 g/mol. The second kappa shape index (κ2) is 10.2. The van der Waals surface area contributed by atoms with E-state index in [-0.39, 0.29) is 28.4 Å². The number of piperidine rings is 1. The average Bonchev–Trinajstić information content (AvgIpc) is 3.17. The summed E-state index contributed by atoms with van der Waals surface area (Å²) in [7, 11) is -3.29. The highest BCUT2D eigenvalue weighted by Crippen LogP contribution is 2.41. The summed E-state index contributed by atoms with van der Waals surface area (Å²) in [5.74, 6) is -0.994. The number of nitrogens with one attached hydrogen (secondary N) is 1. The van der Waals surface area contributed by atoms with Gasteiger partial charge < -0.3 is 5.32 Å². The van der Waals surface area contributed by atoms with Gasteiger partial charge in [0.05, 0.1) is 23.9 Å². The number of halogens is 4. The third kappa shape index (κ3) is 6.37. The Kier molecular flexibility index (Phi) is 7.91. The molecule has 3 heterocycles. The lowest BCUT2D eigenvalue weighted by Crippen LogP contribution is -2.42. The van der Waals surface area contributed by atoms with E-state index >= 15 is 0 Å². The van der Waals surface area contributed by atoms with E-state index in [0.29, 0.717) is 39.0 Å². The Morgan fingerprint density at radius 2 is 1.85 bits per heavy atom. The predicted molar refractivity (Wildman–Crippen MR) is 118 cm³/mol. The Balaban J connectivity index is 1.86. The van der Waals surface area contributed by atoms with Gasteiger partial charge in [0.25, 0.3) is 0 Å². The Morgan fingerprint density at radius 1 is 1.21 bits per heavy atom. The van der Waals surface area contributed by atoms with E-state index in [1.165, 1.54) is 4.31 Å². The second-order valence-electron chi connectivity index (χ2n) is 7.72. The fourth-order valence-corrected chi connectivity index (χ4v) is 5.53. The first-order valence-corrected chi connectivity index (χ1v) is 13.1. The molecule has 14 heteroatoms. The number of anilines is 1. The first-order chi connectivity index (χ1) is 15.4. The Bertz CT molecular complexity index is 1060. The van der Waals surface area contributed by atoms with E-state index in [1.54, 1.807) is 0 Å². The monoisotopic (exact) mass is 510 g/mol. The number of rotatable bonds is 8. The molecule has 1 N–H and O–H groups in total. The molecule has 2 aromatic rings. The Hall–Kier alpha value is -1.90.